The van der Waals surface area contributed by atoms with Crippen molar-refractivity contribution in [3.63, 3.8) is 0 Å². The molecule has 3 nitrogen and oxygen atoms in total. The predicted octanol–water partition coefficient (Wildman–Crippen LogP) is 5.38. The minimum atomic E-state index is -0.915. The summed E-state index contributed by atoms with van der Waals surface area (Å²) in [5.74, 6) is -0.119. The maximum atomic E-state index is 10.3. The monoisotopic (exact) mass is 340 g/mol. The second-order valence-electron chi connectivity index (χ2n) is 6.07. The molecule has 3 rings (SSSR count). The van der Waals surface area contributed by atoms with Crippen LogP contribution in [0.15, 0.2) is 103 Å². The Morgan fingerprint density at radius 2 is 1.73 bits per heavy atom. The van der Waals surface area contributed by atoms with Crippen LogP contribution in [0.3, 0.4) is 0 Å². The maximum Gasteiger partial charge on any atom is 0.181 e. The summed E-state index contributed by atoms with van der Waals surface area (Å²) in [5, 5.41) is 22.4. The lowest BCUT2D eigenvalue weighted by atomic mass is 9.70. The summed E-state index contributed by atoms with van der Waals surface area (Å²) in [4.78, 5) is 0. The van der Waals surface area contributed by atoms with Crippen molar-refractivity contribution in [3.8, 4) is 6.07 Å². The lowest BCUT2D eigenvalue weighted by Crippen LogP contribution is -2.28. The van der Waals surface area contributed by atoms with Gasteiger partial charge in [0, 0.05) is 5.69 Å². The molecule has 2 aromatic rings. The van der Waals surface area contributed by atoms with Crippen molar-refractivity contribution in [2.75, 3.05) is 5.32 Å². The van der Waals surface area contributed by atoms with Gasteiger partial charge in [-0.05, 0) is 41.8 Å². The molecular formula is C23H20N2O. The first-order valence-corrected chi connectivity index (χ1v) is 8.43. The molecule has 0 radical (unpaired) electrons. The molecule has 0 amide bonds. The summed E-state index contributed by atoms with van der Waals surface area (Å²) in [6, 6.07) is 19.9. The van der Waals surface area contributed by atoms with Gasteiger partial charge >= 0.3 is 0 Å². The van der Waals surface area contributed by atoms with E-state index in [1.807, 2.05) is 72.8 Å². The Morgan fingerprint density at radius 1 is 1.04 bits per heavy atom. The van der Waals surface area contributed by atoms with Crippen molar-refractivity contribution in [3.05, 3.63) is 114 Å². The molecule has 1 unspecified atom stereocenters. The third-order valence-electron chi connectivity index (χ3n) is 4.40. The van der Waals surface area contributed by atoms with Gasteiger partial charge in [-0.1, -0.05) is 72.8 Å². The Kier molecular flexibility index (Phi) is 5.05. The Bertz CT molecular complexity index is 915. The quantitative estimate of drug-likeness (QED) is 0.719. The maximum absolute atomic E-state index is 10.3. The van der Waals surface area contributed by atoms with Gasteiger partial charge in [0.2, 0.25) is 0 Å². The summed E-state index contributed by atoms with van der Waals surface area (Å²) in [5.41, 5.74) is 2.51. The van der Waals surface area contributed by atoms with Crippen molar-refractivity contribution in [1.82, 2.24) is 0 Å². The van der Waals surface area contributed by atoms with Gasteiger partial charge in [0.15, 0.2) is 5.88 Å². The van der Waals surface area contributed by atoms with E-state index in [4.69, 9.17) is 0 Å². The van der Waals surface area contributed by atoms with Gasteiger partial charge in [-0.25, -0.2) is 0 Å². The molecular weight excluding hydrogens is 320 g/mol. The zero-order chi connectivity index (χ0) is 18.4. The zero-order valence-corrected chi connectivity index (χ0v) is 14.4. The lowest BCUT2D eigenvalue weighted by molar-refractivity contribution is 0.422. The number of aliphatic hydroxyl groups excluding tert-OH is 1. The lowest BCUT2D eigenvalue weighted by Gasteiger charge is -2.29. The second-order valence-corrected chi connectivity index (χ2v) is 6.07. The minimum Gasteiger partial charge on any atom is -0.495 e. The molecule has 0 saturated carbocycles. The molecule has 26 heavy (non-hydrogen) atoms. The standard InChI is InChI=1S/C23H20N2O/c1-18(26)25-22-15-13-21(14-16-22)23(17-24,20-11-7-4-8-12-20)19-9-5-2-3-6-10-19/h2,4-16,25-26H,1,3H2. The van der Waals surface area contributed by atoms with Crippen LogP contribution in [0.4, 0.5) is 5.69 Å². The van der Waals surface area contributed by atoms with Crippen LogP contribution in [0.2, 0.25) is 0 Å². The van der Waals surface area contributed by atoms with Gasteiger partial charge in [0.1, 0.15) is 5.41 Å². The first kappa shape index (κ1) is 17.3. The van der Waals surface area contributed by atoms with Gasteiger partial charge in [0.25, 0.3) is 0 Å². The number of nitrogens with one attached hydrogen (secondary N) is 1. The highest BCUT2D eigenvalue weighted by Crippen LogP contribution is 2.40. The van der Waals surface area contributed by atoms with E-state index in [0.717, 1.165) is 23.1 Å². The molecule has 0 heterocycles. The number of benzene rings is 2. The molecule has 1 aliphatic carbocycles. The number of nitriles is 1. The molecule has 1 atom stereocenters. The number of hydrogen-bond acceptors (Lipinski definition) is 3. The highest BCUT2D eigenvalue weighted by atomic mass is 16.3. The fraction of sp³-hybridized carbons (Fsp3) is 0.0870. The van der Waals surface area contributed by atoms with E-state index in [-0.39, 0.29) is 5.88 Å². The minimum absolute atomic E-state index is 0.119. The van der Waals surface area contributed by atoms with E-state index >= 15 is 0 Å². The van der Waals surface area contributed by atoms with Crippen LogP contribution in [0.25, 0.3) is 0 Å². The average Bonchev–Trinajstić information content (AvgIpc) is 2.94. The largest absolute Gasteiger partial charge is 0.495 e. The van der Waals surface area contributed by atoms with E-state index < -0.39 is 5.41 Å². The van der Waals surface area contributed by atoms with Crippen LogP contribution in [-0.4, -0.2) is 5.11 Å². The normalized spacial score (nSPS) is 15.3. The van der Waals surface area contributed by atoms with Crippen molar-refractivity contribution < 1.29 is 5.11 Å². The van der Waals surface area contributed by atoms with Gasteiger partial charge < -0.3 is 10.4 Å². The Morgan fingerprint density at radius 3 is 2.38 bits per heavy atom. The van der Waals surface area contributed by atoms with Gasteiger partial charge in [0.05, 0.1) is 6.07 Å². The van der Waals surface area contributed by atoms with Crippen molar-refractivity contribution >= 4 is 5.69 Å². The summed E-state index contributed by atoms with van der Waals surface area (Å²) in [7, 11) is 0. The molecule has 2 aromatic carbocycles. The van der Waals surface area contributed by atoms with Crippen molar-refractivity contribution in [1.29, 1.82) is 5.26 Å². The third kappa shape index (κ3) is 3.31. The van der Waals surface area contributed by atoms with Crippen molar-refractivity contribution in [2.45, 2.75) is 11.8 Å². The van der Waals surface area contributed by atoms with E-state index in [0.29, 0.717) is 5.69 Å². The molecule has 0 aliphatic heterocycles. The third-order valence-corrected chi connectivity index (χ3v) is 4.40. The van der Waals surface area contributed by atoms with Gasteiger partial charge in [-0.15, -0.1) is 0 Å². The molecule has 128 valence electrons. The van der Waals surface area contributed by atoms with Crippen LogP contribution in [0.1, 0.15) is 17.5 Å². The number of rotatable bonds is 5. The van der Waals surface area contributed by atoms with Crippen molar-refractivity contribution in [2.24, 2.45) is 0 Å². The van der Waals surface area contributed by atoms with Gasteiger partial charge in [-0.2, -0.15) is 5.26 Å². The Hall–Kier alpha value is -3.51. The smallest absolute Gasteiger partial charge is 0.181 e. The molecule has 1 aliphatic rings. The number of allylic oxidation sites excluding steroid dienone is 6. The molecule has 0 spiro atoms. The molecule has 0 fully saturated rings. The molecule has 0 bridgehead atoms. The Balaban J connectivity index is 2.18. The van der Waals surface area contributed by atoms with E-state index in [9.17, 15) is 10.4 Å². The fourth-order valence-electron chi connectivity index (χ4n) is 3.18. The van der Waals surface area contributed by atoms with E-state index in [1.165, 1.54) is 0 Å². The highest BCUT2D eigenvalue weighted by molar-refractivity contribution is 5.61. The average molecular weight is 340 g/mol. The number of hydrogen-bond donors (Lipinski definition) is 2. The zero-order valence-electron chi connectivity index (χ0n) is 14.4. The first-order chi connectivity index (χ1) is 12.7. The number of nitrogens with zero attached hydrogens (tertiary/aromatic N) is 1. The molecule has 2 N–H and O–H groups in total. The number of anilines is 1. The summed E-state index contributed by atoms with van der Waals surface area (Å²) in [6.07, 6.45) is 11.0. The van der Waals surface area contributed by atoms with E-state index in [2.05, 4.69) is 30.1 Å². The highest BCUT2D eigenvalue weighted by Gasteiger charge is 2.37. The number of aliphatic hydroxyl groups is 1. The van der Waals surface area contributed by atoms with Crippen LogP contribution in [0.5, 0.6) is 0 Å². The Labute approximate surface area is 153 Å². The topological polar surface area (TPSA) is 56.0 Å². The summed E-state index contributed by atoms with van der Waals surface area (Å²) < 4.78 is 0. The van der Waals surface area contributed by atoms with Crippen LogP contribution in [-0.2, 0) is 5.41 Å². The molecule has 0 aromatic heterocycles. The van der Waals surface area contributed by atoms with Crippen LogP contribution in [0, 0.1) is 11.3 Å². The second kappa shape index (κ2) is 7.58. The fourth-order valence-corrected chi connectivity index (χ4v) is 3.18. The SMILES string of the molecule is C=C(O)Nc1ccc(C(C#N)(C2=CC=CCC=C2)c2ccccc2)cc1. The predicted molar refractivity (Wildman–Crippen MR) is 106 cm³/mol. The molecule has 0 saturated heterocycles. The summed E-state index contributed by atoms with van der Waals surface area (Å²) >= 11 is 0. The molecule has 3 heteroatoms. The van der Waals surface area contributed by atoms with Crippen LogP contribution >= 0.6 is 0 Å². The summed E-state index contributed by atoms with van der Waals surface area (Å²) in [6.45, 7) is 3.44. The van der Waals surface area contributed by atoms with E-state index in [1.54, 1.807) is 0 Å². The van der Waals surface area contributed by atoms with Gasteiger partial charge in [-0.3, -0.25) is 0 Å². The first-order valence-electron chi connectivity index (χ1n) is 8.43. The van der Waals surface area contributed by atoms with Crippen LogP contribution < -0.4 is 5.32 Å².